The molecule has 0 radical (unpaired) electrons. The quantitative estimate of drug-likeness (QED) is 0.696. The Morgan fingerprint density at radius 3 is 2.45 bits per heavy atom. The van der Waals surface area contributed by atoms with Gasteiger partial charge in [0.05, 0.1) is 29.7 Å². The van der Waals surface area contributed by atoms with Gasteiger partial charge in [-0.05, 0) is 36.4 Å². The van der Waals surface area contributed by atoms with E-state index in [1.54, 1.807) is 41.3 Å². The smallest absolute Gasteiger partial charge is 0.255 e. The van der Waals surface area contributed by atoms with Gasteiger partial charge in [-0.2, -0.15) is 0 Å². The maximum Gasteiger partial charge on any atom is 0.255 e. The molecule has 0 aromatic heterocycles. The Bertz CT molecular complexity index is 944. The van der Waals surface area contributed by atoms with Gasteiger partial charge >= 0.3 is 0 Å². The topological polar surface area (TPSA) is 66.9 Å². The van der Waals surface area contributed by atoms with Crippen LogP contribution in [0.2, 0.25) is 5.02 Å². The van der Waals surface area contributed by atoms with E-state index in [0.29, 0.717) is 47.5 Å². The van der Waals surface area contributed by atoms with Crippen LogP contribution < -0.4 is 4.90 Å². The van der Waals surface area contributed by atoms with Crippen LogP contribution in [0, 0.1) is 0 Å². The number of amides is 3. The minimum Gasteiger partial charge on any atom is -0.378 e. The first-order chi connectivity index (χ1) is 14.0. The fourth-order valence-corrected chi connectivity index (χ4v) is 4.70. The van der Waals surface area contributed by atoms with Crippen LogP contribution in [0.1, 0.15) is 16.8 Å². The number of rotatable bonds is 4. The number of hydrogen-bond donors (Lipinski definition) is 0. The molecular formula is C21H19ClN2O4S. The molecule has 2 saturated heterocycles. The highest BCUT2D eigenvalue weighted by atomic mass is 35.5. The van der Waals surface area contributed by atoms with Crippen molar-refractivity contribution in [2.45, 2.75) is 16.6 Å². The monoisotopic (exact) mass is 430 g/mol. The molecule has 0 bridgehead atoms. The number of ether oxygens (including phenoxy) is 1. The standard InChI is InChI=1S/C21H19ClN2O4S/c22-14-5-7-15(8-6-14)24-19(25)13-18(21(24)27)29-17-4-2-1-3-16(17)20(26)23-9-11-28-12-10-23/h1-8,18H,9-13H2/t18-/m0/s1. The first kappa shape index (κ1) is 19.9. The molecule has 2 aliphatic heterocycles. The lowest BCUT2D eigenvalue weighted by Gasteiger charge is -2.27. The second kappa shape index (κ2) is 8.57. The van der Waals surface area contributed by atoms with Crippen molar-refractivity contribution in [3.8, 4) is 0 Å². The van der Waals surface area contributed by atoms with Gasteiger partial charge < -0.3 is 9.64 Å². The predicted octanol–water partition coefficient (Wildman–Crippen LogP) is 3.24. The number of halogens is 1. The van der Waals surface area contributed by atoms with Gasteiger partial charge in [0.15, 0.2) is 0 Å². The summed E-state index contributed by atoms with van der Waals surface area (Å²) >= 11 is 7.17. The zero-order chi connectivity index (χ0) is 20.4. The molecule has 0 saturated carbocycles. The van der Waals surface area contributed by atoms with E-state index < -0.39 is 5.25 Å². The van der Waals surface area contributed by atoms with Gasteiger partial charge in [-0.15, -0.1) is 11.8 Å². The maximum absolute atomic E-state index is 12.9. The number of carbonyl (C=O) groups excluding carboxylic acids is 3. The van der Waals surface area contributed by atoms with Crippen LogP contribution >= 0.6 is 23.4 Å². The Balaban J connectivity index is 1.54. The van der Waals surface area contributed by atoms with Crippen molar-refractivity contribution < 1.29 is 19.1 Å². The summed E-state index contributed by atoms with van der Waals surface area (Å²) in [4.78, 5) is 42.0. The summed E-state index contributed by atoms with van der Waals surface area (Å²) in [5.41, 5.74) is 1.05. The normalized spacial score (nSPS) is 19.7. The second-order valence-electron chi connectivity index (χ2n) is 6.76. The lowest BCUT2D eigenvalue weighted by atomic mass is 10.2. The van der Waals surface area contributed by atoms with E-state index in [1.807, 2.05) is 12.1 Å². The Morgan fingerprint density at radius 2 is 1.72 bits per heavy atom. The van der Waals surface area contributed by atoms with Gasteiger partial charge in [0.25, 0.3) is 5.91 Å². The molecule has 2 aliphatic rings. The Labute approximate surface area is 177 Å². The summed E-state index contributed by atoms with van der Waals surface area (Å²) in [6, 6.07) is 13.8. The lowest BCUT2D eigenvalue weighted by Crippen LogP contribution is -2.40. The van der Waals surface area contributed by atoms with Crippen LogP contribution in [0.15, 0.2) is 53.4 Å². The predicted molar refractivity (Wildman–Crippen MR) is 111 cm³/mol. The van der Waals surface area contributed by atoms with Gasteiger partial charge in [0, 0.05) is 29.4 Å². The molecule has 150 valence electrons. The Kier molecular flexibility index (Phi) is 5.89. The van der Waals surface area contributed by atoms with E-state index in [9.17, 15) is 14.4 Å². The van der Waals surface area contributed by atoms with Crippen molar-refractivity contribution in [1.82, 2.24) is 4.90 Å². The zero-order valence-corrected chi connectivity index (χ0v) is 17.1. The summed E-state index contributed by atoms with van der Waals surface area (Å²) in [5, 5.41) is -0.0360. The number of nitrogens with zero attached hydrogens (tertiary/aromatic N) is 2. The van der Waals surface area contributed by atoms with Crippen molar-refractivity contribution in [2.24, 2.45) is 0 Å². The molecule has 0 spiro atoms. The van der Waals surface area contributed by atoms with Crippen LogP contribution in [0.3, 0.4) is 0 Å². The fraction of sp³-hybridized carbons (Fsp3) is 0.286. The highest BCUT2D eigenvalue weighted by molar-refractivity contribution is 8.00. The summed E-state index contributed by atoms with van der Waals surface area (Å²) < 4.78 is 5.32. The molecule has 4 rings (SSSR count). The molecule has 0 aliphatic carbocycles. The molecule has 3 amide bonds. The maximum atomic E-state index is 12.9. The molecular weight excluding hydrogens is 412 g/mol. The number of imide groups is 1. The van der Waals surface area contributed by atoms with Gasteiger partial charge in [-0.25, -0.2) is 4.90 Å². The van der Waals surface area contributed by atoms with Crippen LogP contribution in [-0.4, -0.2) is 54.2 Å². The fourth-order valence-electron chi connectivity index (χ4n) is 3.39. The summed E-state index contributed by atoms with van der Waals surface area (Å²) in [5.74, 6) is -0.620. The summed E-state index contributed by atoms with van der Waals surface area (Å²) in [6.07, 6.45) is 0.0895. The third-order valence-electron chi connectivity index (χ3n) is 4.88. The lowest BCUT2D eigenvalue weighted by molar-refractivity contribution is -0.121. The van der Waals surface area contributed by atoms with Gasteiger partial charge in [-0.3, -0.25) is 14.4 Å². The average molecular weight is 431 g/mol. The average Bonchev–Trinajstić information content (AvgIpc) is 3.02. The third kappa shape index (κ3) is 4.17. The first-order valence-electron chi connectivity index (χ1n) is 9.29. The van der Waals surface area contributed by atoms with Crippen LogP contribution in [-0.2, 0) is 14.3 Å². The van der Waals surface area contributed by atoms with E-state index in [-0.39, 0.29) is 24.1 Å². The van der Waals surface area contributed by atoms with Gasteiger partial charge in [0.2, 0.25) is 11.8 Å². The largest absolute Gasteiger partial charge is 0.378 e. The zero-order valence-electron chi connectivity index (χ0n) is 15.5. The van der Waals surface area contributed by atoms with Crippen LogP contribution in [0.25, 0.3) is 0 Å². The molecule has 6 nitrogen and oxygen atoms in total. The minimum absolute atomic E-state index is 0.0808. The number of morpholine rings is 1. The molecule has 0 N–H and O–H groups in total. The van der Waals surface area contributed by atoms with E-state index in [0.717, 1.165) is 0 Å². The number of carbonyl (C=O) groups is 3. The molecule has 29 heavy (non-hydrogen) atoms. The van der Waals surface area contributed by atoms with Crippen LogP contribution in [0.5, 0.6) is 0 Å². The molecule has 2 heterocycles. The highest BCUT2D eigenvalue weighted by Crippen LogP contribution is 2.36. The van der Waals surface area contributed by atoms with Crippen molar-refractivity contribution >= 4 is 46.8 Å². The molecule has 1 atom stereocenters. The van der Waals surface area contributed by atoms with Gasteiger partial charge in [-0.1, -0.05) is 23.7 Å². The summed E-state index contributed by atoms with van der Waals surface area (Å²) in [6.45, 7) is 2.13. The van der Waals surface area contributed by atoms with Crippen molar-refractivity contribution in [3.63, 3.8) is 0 Å². The van der Waals surface area contributed by atoms with E-state index in [2.05, 4.69) is 0 Å². The molecule has 2 aromatic rings. The third-order valence-corrected chi connectivity index (χ3v) is 6.39. The van der Waals surface area contributed by atoms with E-state index in [1.165, 1.54) is 16.7 Å². The summed E-state index contributed by atoms with van der Waals surface area (Å²) in [7, 11) is 0. The van der Waals surface area contributed by atoms with E-state index in [4.69, 9.17) is 16.3 Å². The number of thioether (sulfide) groups is 1. The first-order valence-corrected chi connectivity index (χ1v) is 10.6. The van der Waals surface area contributed by atoms with Crippen molar-refractivity contribution in [3.05, 3.63) is 59.1 Å². The second-order valence-corrected chi connectivity index (χ2v) is 8.44. The molecule has 2 fully saturated rings. The van der Waals surface area contributed by atoms with Crippen molar-refractivity contribution in [2.75, 3.05) is 31.2 Å². The number of hydrogen-bond acceptors (Lipinski definition) is 5. The number of benzene rings is 2. The SMILES string of the molecule is O=C(c1ccccc1S[C@H]1CC(=O)N(c2ccc(Cl)cc2)C1=O)N1CCOCC1. The van der Waals surface area contributed by atoms with E-state index >= 15 is 0 Å². The minimum atomic E-state index is -0.572. The van der Waals surface area contributed by atoms with Gasteiger partial charge in [0.1, 0.15) is 0 Å². The Hall–Kier alpha value is -2.35. The number of anilines is 1. The van der Waals surface area contributed by atoms with Crippen LogP contribution in [0.4, 0.5) is 5.69 Å². The Morgan fingerprint density at radius 1 is 1.03 bits per heavy atom. The molecule has 2 aromatic carbocycles. The van der Waals surface area contributed by atoms with Crippen molar-refractivity contribution in [1.29, 1.82) is 0 Å². The molecule has 8 heteroatoms. The highest BCUT2D eigenvalue weighted by Gasteiger charge is 2.40. The molecule has 0 unspecified atom stereocenters.